The molecule has 1 aromatic heterocycles. The molecule has 0 aliphatic rings. The SMILES string of the molecule is Cc1ccc(-n2c(CNC(=O)Nc3ccc(Cl)cc3)nnc2SCc2ccc(F)cc2)cc1. The van der Waals surface area contributed by atoms with Crippen LogP contribution in [0.15, 0.2) is 78.0 Å². The molecule has 4 rings (SSSR count). The lowest BCUT2D eigenvalue weighted by atomic mass is 10.2. The first kappa shape index (κ1) is 22.8. The Labute approximate surface area is 200 Å². The van der Waals surface area contributed by atoms with Crippen LogP contribution in [-0.2, 0) is 12.3 Å². The molecule has 0 spiro atoms. The Balaban J connectivity index is 1.50. The Bertz CT molecular complexity index is 1230. The molecule has 0 atom stereocenters. The summed E-state index contributed by atoms with van der Waals surface area (Å²) in [7, 11) is 0. The highest BCUT2D eigenvalue weighted by Crippen LogP contribution is 2.26. The summed E-state index contributed by atoms with van der Waals surface area (Å²) in [4.78, 5) is 12.4. The predicted octanol–water partition coefficient (Wildman–Crippen LogP) is 5.98. The van der Waals surface area contributed by atoms with Gasteiger partial charge in [-0.25, -0.2) is 9.18 Å². The van der Waals surface area contributed by atoms with Gasteiger partial charge < -0.3 is 10.6 Å². The molecule has 168 valence electrons. The minimum atomic E-state index is -0.365. The summed E-state index contributed by atoms with van der Waals surface area (Å²) in [5, 5.41) is 15.5. The molecule has 0 fully saturated rings. The van der Waals surface area contributed by atoms with Crippen molar-refractivity contribution >= 4 is 35.1 Å². The van der Waals surface area contributed by atoms with Gasteiger partial charge in [0.2, 0.25) is 0 Å². The number of halogens is 2. The van der Waals surface area contributed by atoms with Crippen molar-refractivity contribution in [1.82, 2.24) is 20.1 Å². The van der Waals surface area contributed by atoms with Gasteiger partial charge in [0.1, 0.15) is 5.82 Å². The van der Waals surface area contributed by atoms with E-state index in [9.17, 15) is 9.18 Å². The number of nitrogens with one attached hydrogen (secondary N) is 2. The number of aromatic nitrogens is 3. The maximum Gasteiger partial charge on any atom is 0.319 e. The van der Waals surface area contributed by atoms with E-state index in [0.29, 0.717) is 27.4 Å². The molecule has 0 unspecified atom stereocenters. The molecule has 0 saturated heterocycles. The van der Waals surface area contributed by atoms with Crippen LogP contribution in [0.1, 0.15) is 17.0 Å². The Morgan fingerprint density at radius 2 is 1.70 bits per heavy atom. The number of benzene rings is 3. The number of carbonyl (C=O) groups excluding carboxylic acids is 1. The number of anilines is 1. The lowest BCUT2D eigenvalue weighted by molar-refractivity contribution is 0.251. The van der Waals surface area contributed by atoms with E-state index in [4.69, 9.17) is 11.6 Å². The second-order valence-corrected chi connectivity index (χ2v) is 8.68. The van der Waals surface area contributed by atoms with Gasteiger partial charge in [-0.1, -0.05) is 53.2 Å². The number of aryl methyl sites for hydroxylation is 1. The first-order valence-electron chi connectivity index (χ1n) is 10.2. The van der Waals surface area contributed by atoms with Crippen LogP contribution in [0.2, 0.25) is 5.02 Å². The second-order valence-electron chi connectivity index (χ2n) is 7.30. The number of thioether (sulfide) groups is 1. The van der Waals surface area contributed by atoms with Gasteiger partial charge in [0.05, 0.1) is 6.54 Å². The zero-order valence-corrected chi connectivity index (χ0v) is 19.3. The van der Waals surface area contributed by atoms with E-state index in [1.54, 1.807) is 36.4 Å². The van der Waals surface area contributed by atoms with Crippen molar-refractivity contribution < 1.29 is 9.18 Å². The van der Waals surface area contributed by atoms with Crippen LogP contribution in [0.3, 0.4) is 0 Å². The van der Waals surface area contributed by atoms with Crippen molar-refractivity contribution in [2.45, 2.75) is 24.4 Å². The Kier molecular flexibility index (Phi) is 7.26. The molecule has 2 amide bonds. The summed E-state index contributed by atoms with van der Waals surface area (Å²) in [6.45, 7) is 2.20. The molecule has 4 aromatic rings. The highest BCUT2D eigenvalue weighted by molar-refractivity contribution is 7.98. The number of hydrogen-bond acceptors (Lipinski definition) is 4. The number of amides is 2. The minimum absolute atomic E-state index is 0.178. The normalized spacial score (nSPS) is 10.8. The van der Waals surface area contributed by atoms with Crippen LogP contribution in [0.25, 0.3) is 5.69 Å². The van der Waals surface area contributed by atoms with Gasteiger partial charge in [0, 0.05) is 22.2 Å². The van der Waals surface area contributed by atoms with Crippen LogP contribution in [-0.4, -0.2) is 20.8 Å². The van der Waals surface area contributed by atoms with E-state index < -0.39 is 0 Å². The van der Waals surface area contributed by atoms with Crippen molar-refractivity contribution in [2.75, 3.05) is 5.32 Å². The molecule has 33 heavy (non-hydrogen) atoms. The van der Waals surface area contributed by atoms with Crippen LogP contribution in [0.5, 0.6) is 0 Å². The van der Waals surface area contributed by atoms with E-state index >= 15 is 0 Å². The van der Waals surface area contributed by atoms with E-state index in [0.717, 1.165) is 16.8 Å². The number of urea groups is 1. The third-order valence-corrected chi connectivity index (χ3v) is 6.03. The third kappa shape index (κ3) is 6.12. The van der Waals surface area contributed by atoms with Gasteiger partial charge in [0.15, 0.2) is 11.0 Å². The fourth-order valence-corrected chi connectivity index (χ4v) is 4.11. The molecule has 0 bridgehead atoms. The van der Waals surface area contributed by atoms with E-state index in [2.05, 4.69) is 20.8 Å². The molecule has 9 heteroatoms. The molecule has 6 nitrogen and oxygen atoms in total. The average Bonchev–Trinajstić information content (AvgIpc) is 3.22. The molecule has 0 saturated carbocycles. The quantitative estimate of drug-likeness (QED) is 0.318. The lowest BCUT2D eigenvalue weighted by Gasteiger charge is -2.12. The Morgan fingerprint density at radius 3 is 2.39 bits per heavy atom. The Hall–Kier alpha value is -3.36. The fourth-order valence-electron chi connectivity index (χ4n) is 3.06. The van der Waals surface area contributed by atoms with Gasteiger partial charge in [-0.3, -0.25) is 4.57 Å². The number of rotatable bonds is 7. The van der Waals surface area contributed by atoms with E-state index in [1.165, 1.54) is 23.9 Å². The smallest absolute Gasteiger partial charge is 0.319 e. The van der Waals surface area contributed by atoms with Crippen LogP contribution < -0.4 is 10.6 Å². The molecular weight excluding hydrogens is 461 g/mol. The lowest BCUT2D eigenvalue weighted by Crippen LogP contribution is -2.29. The van der Waals surface area contributed by atoms with Gasteiger partial charge in [0.25, 0.3) is 0 Å². The summed E-state index contributed by atoms with van der Waals surface area (Å²) >= 11 is 7.37. The number of hydrogen-bond donors (Lipinski definition) is 2. The summed E-state index contributed by atoms with van der Waals surface area (Å²) in [5.74, 6) is 0.929. The van der Waals surface area contributed by atoms with Gasteiger partial charge >= 0.3 is 6.03 Å². The fraction of sp³-hybridized carbons (Fsp3) is 0.125. The average molecular weight is 482 g/mol. The van der Waals surface area contributed by atoms with Crippen molar-refractivity contribution in [3.05, 3.63) is 101 Å². The summed E-state index contributed by atoms with van der Waals surface area (Å²) in [5.41, 5.74) is 3.63. The summed E-state index contributed by atoms with van der Waals surface area (Å²) in [6, 6.07) is 20.9. The monoisotopic (exact) mass is 481 g/mol. The molecule has 3 aromatic carbocycles. The first-order valence-corrected chi connectivity index (χ1v) is 11.5. The van der Waals surface area contributed by atoms with Crippen molar-refractivity contribution in [2.24, 2.45) is 0 Å². The molecule has 0 aliphatic carbocycles. The molecule has 0 aliphatic heterocycles. The summed E-state index contributed by atoms with van der Waals surface area (Å²) < 4.78 is 15.1. The summed E-state index contributed by atoms with van der Waals surface area (Å²) in [6.07, 6.45) is 0. The maximum absolute atomic E-state index is 13.2. The van der Waals surface area contributed by atoms with Crippen molar-refractivity contribution in [3.8, 4) is 5.69 Å². The van der Waals surface area contributed by atoms with E-state index in [1.807, 2.05) is 35.8 Å². The zero-order valence-electron chi connectivity index (χ0n) is 17.8. The third-order valence-electron chi connectivity index (χ3n) is 4.78. The van der Waals surface area contributed by atoms with Gasteiger partial charge in [-0.05, 0) is 61.0 Å². The topological polar surface area (TPSA) is 71.8 Å². The molecular formula is C24H21ClFN5OS. The highest BCUT2D eigenvalue weighted by atomic mass is 35.5. The van der Waals surface area contributed by atoms with E-state index in [-0.39, 0.29) is 18.4 Å². The highest BCUT2D eigenvalue weighted by Gasteiger charge is 2.16. The largest absolute Gasteiger partial charge is 0.331 e. The maximum atomic E-state index is 13.2. The van der Waals surface area contributed by atoms with Gasteiger partial charge in [-0.15, -0.1) is 10.2 Å². The predicted molar refractivity (Wildman–Crippen MR) is 129 cm³/mol. The van der Waals surface area contributed by atoms with Gasteiger partial charge in [-0.2, -0.15) is 0 Å². The zero-order chi connectivity index (χ0) is 23.2. The molecule has 1 heterocycles. The molecule has 0 radical (unpaired) electrons. The standard InChI is InChI=1S/C24H21ClFN5OS/c1-16-2-12-21(13-3-16)31-22(14-27-23(32)28-20-10-6-18(25)7-11-20)29-30-24(31)33-15-17-4-8-19(26)9-5-17/h2-13H,14-15H2,1H3,(H2,27,28,32). The van der Waals surface area contributed by atoms with Crippen LogP contribution in [0, 0.1) is 12.7 Å². The first-order chi connectivity index (χ1) is 16.0. The second kappa shape index (κ2) is 10.5. The Morgan fingerprint density at radius 1 is 1.00 bits per heavy atom. The van der Waals surface area contributed by atoms with Crippen molar-refractivity contribution in [1.29, 1.82) is 0 Å². The number of carbonyl (C=O) groups is 1. The molecule has 2 N–H and O–H groups in total. The van der Waals surface area contributed by atoms with Crippen molar-refractivity contribution in [3.63, 3.8) is 0 Å². The number of nitrogens with zero attached hydrogens (tertiary/aromatic N) is 3. The van der Waals surface area contributed by atoms with Crippen LogP contribution >= 0.6 is 23.4 Å². The minimum Gasteiger partial charge on any atom is -0.331 e. The van der Waals surface area contributed by atoms with Crippen LogP contribution in [0.4, 0.5) is 14.9 Å².